The van der Waals surface area contributed by atoms with Gasteiger partial charge in [-0.05, 0) is 43.5 Å². The average molecular weight is 273 g/mol. The lowest BCUT2D eigenvalue weighted by Gasteiger charge is -2.19. The number of benzene rings is 1. The summed E-state index contributed by atoms with van der Waals surface area (Å²) in [6, 6.07) is 9.88. The summed E-state index contributed by atoms with van der Waals surface area (Å²) in [5.41, 5.74) is 2.84. The largest absolute Gasteiger partial charge is 0.372 e. The number of nitrogens with zero attached hydrogens (tertiary/aromatic N) is 2. The van der Waals surface area contributed by atoms with Crippen molar-refractivity contribution in [2.45, 2.75) is 32.4 Å². The monoisotopic (exact) mass is 273 g/mol. The van der Waals surface area contributed by atoms with E-state index in [1.54, 1.807) is 0 Å². The van der Waals surface area contributed by atoms with Gasteiger partial charge in [0.1, 0.15) is 0 Å². The topological polar surface area (TPSA) is 18.5 Å². The molecule has 2 unspecified atom stereocenters. The molecule has 0 bridgehead atoms. The Morgan fingerprint density at radius 3 is 2.40 bits per heavy atom. The molecule has 20 heavy (non-hydrogen) atoms. The second kappa shape index (κ2) is 6.15. The van der Waals surface area contributed by atoms with Gasteiger partial charge in [-0.2, -0.15) is 0 Å². The van der Waals surface area contributed by atoms with Gasteiger partial charge in [0.2, 0.25) is 0 Å². The quantitative estimate of drug-likeness (QED) is 0.908. The summed E-state index contributed by atoms with van der Waals surface area (Å²) in [5.74, 6) is 0.754. The van der Waals surface area contributed by atoms with Gasteiger partial charge in [0.15, 0.2) is 0 Å². The van der Waals surface area contributed by atoms with Crippen molar-refractivity contribution in [1.82, 2.24) is 10.2 Å². The SMILES string of the molecule is CNC1CN(Cc2ccc(N3CCCC3)cc2)CC1C. The highest BCUT2D eigenvalue weighted by atomic mass is 15.2. The fourth-order valence-corrected chi connectivity index (χ4v) is 3.62. The summed E-state index contributed by atoms with van der Waals surface area (Å²) >= 11 is 0. The van der Waals surface area contributed by atoms with Crippen LogP contribution in [-0.2, 0) is 6.54 Å². The van der Waals surface area contributed by atoms with E-state index in [4.69, 9.17) is 0 Å². The Labute approximate surface area is 123 Å². The molecular weight excluding hydrogens is 246 g/mol. The van der Waals surface area contributed by atoms with Crippen LogP contribution >= 0.6 is 0 Å². The maximum absolute atomic E-state index is 3.43. The van der Waals surface area contributed by atoms with Crippen LogP contribution < -0.4 is 10.2 Å². The molecule has 0 amide bonds. The van der Waals surface area contributed by atoms with E-state index in [9.17, 15) is 0 Å². The molecule has 0 aliphatic carbocycles. The van der Waals surface area contributed by atoms with E-state index in [-0.39, 0.29) is 0 Å². The third-order valence-corrected chi connectivity index (χ3v) is 4.87. The standard InChI is InChI=1S/C17H27N3/c1-14-11-19(13-17(14)18-2)12-15-5-7-16(8-6-15)20-9-3-4-10-20/h5-8,14,17-18H,3-4,9-13H2,1-2H3. The van der Waals surface area contributed by atoms with Crippen molar-refractivity contribution in [1.29, 1.82) is 0 Å². The summed E-state index contributed by atoms with van der Waals surface area (Å²) in [4.78, 5) is 5.06. The zero-order valence-electron chi connectivity index (χ0n) is 12.8. The van der Waals surface area contributed by atoms with Crippen LogP contribution in [0.25, 0.3) is 0 Å². The van der Waals surface area contributed by atoms with Crippen molar-refractivity contribution >= 4 is 5.69 Å². The molecule has 1 aromatic rings. The molecule has 2 saturated heterocycles. The molecule has 2 fully saturated rings. The van der Waals surface area contributed by atoms with Crippen molar-refractivity contribution in [3.05, 3.63) is 29.8 Å². The fourth-order valence-electron chi connectivity index (χ4n) is 3.62. The maximum atomic E-state index is 3.43. The zero-order chi connectivity index (χ0) is 13.9. The summed E-state index contributed by atoms with van der Waals surface area (Å²) in [7, 11) is 2.08. The number of likely N-dealkylation sites (tertiary alicyclic amines) is 1. The molecule has 3 heteroatoms. The first-order valence-electron chi connectivity index (χ1n) is 8.00. The summed E-state index contributed by atoms with van der Waals surface area (Å²) < 4.78 is 0. The number of hydrogen-bond acceptors (Lipinski definition) is 3. The first-order valence-corrected chi connectivity index (χ1v) is 8.00. The van der Waals surface area contributed by atoms with Gasteiger partial charge in [0, 0.05) is 44.5 Å². The van der Waals surface area contributed by atoms with E-state index in [0.29, 0.717) is 6.04 Å². The van der Waals surface area contributed by atoms with Gasteiger partial charge in [-0.15, -0.1) is 0 Å². The normalized spacial score (nSPS) is 27.4. The molecule has 3 rings (SSSR count). The number of likely N-dealkylation sites (N-methyl/N-ethyl adjacent to an activating group) is 1. The Morgan fingerprint density at radius 1 is 1.10 bits per heavy atom. The van der Waals surface area contributed by atoms with Gasteiger partial charge in [-0.25, -0.2) is 0 Å². The minimum absolute atomic E-state index is 0.652. The number of anilines is 1. The summed E-state index contributed by atoms with van der Waals surface area (Å²) in [5, 5.41) is 3.43. The molecule has 2 atom stereocenters. The highest BCUT2D eigenvalue weighted by molar-refractivity contribution is 5.48. The van der Waals surface area contributed by atoms with Crippen molar-refractivity contribution in [2.75, 3.05) is 38.1 Å². The molecule has 2 aliphatic rings. The molecule has 0 radical (unpaired) electrons. The van der Waals surface area contributed by atoms with E-state index < -0.39 is 0 Å². The Hall–Kier alpha value is -1.06. The number of rotatable bonds is 4. The highest BCUT2D eigenvalue weighted by Crippen LogP contribution is 2.22. The highest BCUT2D eigenvalue weighted by Gasteiger charge is 2.27. The Morgan fingerprint density at radius 2 is 1.80 bits per heavy atom. The minimum atomic E-state index is 0.652. The van der Waals surface area contributed by atoms with Crippen LogP contribution in [-0.4, -0.2) is 44.2 Å². The lowest BCUT2D eigenvalue weighted by Crippen LogP contribution is -2.32. The molecule has 0 saturated carbocycles. The van der Waals surface area contributed by atoms with E-state index in [1.165, 1.54) is 50.3 Å². The van der Waals surface area contributed by atoms with E-state index in [2.05, 4.69) is 53.4 Å². The second-order valence-electron chi connectivity index (χ2n) is 6.43. The molecule has 1 N–H and O–H groups in total. The van der Waals surface area contributed by atoms with Crippen LogP contribution in [0.15, 0.2) is 24.3 Å². The summed E-state index contributed by atoms with van der Waals surface area (Å²) in [6.45, 7) is 8.27. The summed E-state index contributed by atoms with van der Waals surface area (Å²) in [6.07, 6.45) is 2.69. The average Bonchev–Trinajstić information content (AvgIpc) is 3.09. The molecule has 1 aromatic carbocycles. The smallest absolute Gasteiger partial charge is 0.0366 e. The van der Waals surface area contributed by atoms with Crippen molar-refractivity contribution in [2.24, 2.45) is 5.92 Å². The molecule has 2 heterocycles. The molecule has 3 nitrogen and oxygen atoms in total. The van der Waals surface area contributed by atoms with E-state index in [0.717, 1.165) is 12.5 Å². The third-order valence-electron chi connectivity index (χ3n) is 4.87. The Bertz CT molecular complexity index is 422. The van der Waals surface area contributed by atoms with Gasteiger partial charge < -0.3 is 10.2 Å². The predicted octanol–water partition coefficient (Wildman–Crippen LogP) is 2.33. The van der Waals surface area contributed by atoms with Crippen LogP contribution in [0.2, 0.25) is 0 Å². The van der Waals surface area contributed by atoms with Crippen LogP contribution in [0.4, 0.5) is 5.69 Å². The third kappa shape index (κ3) is 2.99. The van der Waals surface area contributed by atoms with Gasteiger partial charge in [-0.3, -0.25) is 4.90 Å². The minimum Gasteiger partial charge on any atom is -0.372 e. The number of hydrogen-bond donors (Lipinski definition) is 1. The molecule has 2 aliphatic heterocycles. The van der Waals surface area contributed by atoms with Crippen molar-refractivity contribution in [3.8, 4) is 0 Å². The van der Waals surface area contributed by atoms with Crippen LogP contribution in [0, 0.1) is 5.92 Å². The first kappa shape index (κ1) is 13.9. The van der Waals surface area contributed by atoms with Crippen LogP contribution in [0.3, 0.4) is 0 Å². The lowest BCUT2D eigenvalue weighted by molar-refractivity contribution is 0.317. The molecule has 110 valence electrons. The van der Waals surface area contributed by atoms with Crippen molar-refractivity contribution in [3.63, 3.8) is 0 Å². The van der Waals surface area contributed by atoms with E-state index in [1.807, 2.05) is 0 Å². The molecule has 0 spiro atoms. The van der Waals surface area contributed by atoms with Crippen LogP contribution in [0.1, 0.15) is 25.3 Å². The lowest BCUT2D eigenvalue weighted by atomic mass is 10.1. The maximum Gasteiger partial charge on any atom is 0.0366 e. The van der Waals surface area contributed by atoms with Crippen LogP contribution in [0.5, 0.6) is 0 Å². The van der Waals surface area contributed by atoms with Gasteiger partial charge in [0.25, 0.3) is 0 Å². The predicted molar refractivity (Wildman–Crippen MR) is 85.2 cm³/mol. The molecular formula is C17H27N3. The zero-order valence-corrected chi connectivity index (χ0v) is 12.8. The molecule has 0 aromatic heterocycles. The fraction of sp³-hybridized carbons (Fsp3) is 0.647. The van der Waals surface area contributed by atoms with E-state index >= 15 is 0 Å². The number of nitrogens with one attached hydrogen (secondary N) is 1. The second-order valence-corrected chi connectivity index (χ2v) is 6.43. The van der Waals surface area contributed by atoms with Gasteiger partial charge in [-0.1, -0.05) is 19.1 Å². The van der Waals surface area contributed by atoms with Gasteiger partial charge in [0.05, 0.1) is 0 Å². The van der Waals surface area contributed by atoms with Crippen molar-refractivity contribution < 1.29 is 0 Å². The first-order chi connectivity index (χ1) is 9.76. The Balaban J connectivity index is 1.58. The Kier molecular flexibility index (Phi) is 4.27. The van der Waals surface area contributed by atoms with Gasteiger partial charge >= 0.3 is 0 Å².